The fraction of sp³-hybridized carbons (Fsp3) is 0.462. The van der Waals surface area contributed by atoms with Gasteiger partial charge in [0.1, 0.15) is 6.17 Å². The van der Waals surface area contributed by atoms with E-state index in [4.69, 9.17) is 0 Å². The van der Waals surface area contributed by atoms with Crippen LogP contribution in [0.25, 0.3) is 17.2 Å². The molecule has 1 aliphatic carbocycles. The summed E-state index contributed by atoms with van der Waals surface area (Å²) in [6.07, 6.45) is 13.8. The van der Waals surface area contributed by atoms with Gasteiger partial charge in [0.05, 0.1) is 0 Å². The van der Waals surface area contributed by atoms with Crippen molar-refractivity contribution in [3.8, 4) is 11.1 Å². The predicted octanol–water partition coefficient (Wildman–Crippen LogP) is 8.33. The van der Waals surface area contributed by atoms with Crippen LogP contribution in [0, 0.1) is 0 Å². The predicted molar refractivity (Wildman–Crippen MR) is 116 cm³/mol. The van der Waals surface area contributed by atoms with Gasteiger partial charge in [0.2, 0.25) is 0 Å². The quantitative estimate of drug-likeness (QED) is 0.413. The Balaban J connectivity index is 1.66. The fourth-order valence-electron chi connectivity index (χ4n) is 4.13. The van der Waals surface area contributed by atoms with Crippen molar-refractivity contribution in [2.24, 2.45) is 0 Å². The minimum Gasteiger partial charge on any atom is -0.247 e. The minimum absolute atomic E-state index is 0.532. The summed E-state index contributed by atoms with van der Waals surface area (Å²) in [6.45, 7) is 2.25. The Morgan fingerprint density at radius 2 is 1.63 bits per heavy atom. The van der Waals surface area contributed by atoms with Crippen molar-refractivity contribution in [1.82, 2.24) is 0 Å². The Morgan fingerprint density at radius 1 is 0.889 bits per heavy atom. The van der Waals surface area contributed by atoms with Crippen molar-refractivity contribution in [3.63, 3.8) is 0 Å². The SMILES string of the molecule is CCCCCC/C=C/c1ccccc1-c1ccc(C2CCC(F)CC2)cc1. The lowest BCUT2D eigenvalue weighted by molar-refractivity contribution is 0.235. The summed E-state index contributed by atoms with van der Waals surface area (Å²) < 4.78 is 13.4. The highest BCUT2D eigenvalue weighted by atomic mass is 19.1. The van der Waals surface area contributed by atoms with E-state index >= 15 is 0 Å². The zero-order valence-corrected chi connectivity index (χ0v) is 16.7. The van der Waals surface area contributed by atoms with Crippen LogP contribution in [0.15, 0.2) is 54.6 Å². The van der Waals surface area contributed by atoms with Crippen molar-refractivity contribution >= 4 is 6.08 Å². The highest BCUT2D eigenvalue weighted by Crippen LogP contribution is 2.35. The Kier molecular flexibility index (Phi) is 7.68. The standard InChI is InChI=1S/C26H33F/c1-2-3-4-5-6-7-10-23-11-8-9-12-26(23)24-15-13-21(14-16-24)22-17-19-25(27)20-18-22/h7-16,22,25H,2-6,17-20H2,1H3/b10-7+. The molecule has 0 radical (unpaired) electrons. The molecule has 1 aliphatic rings. The van der Waals surface area contributed by atoms with E-state index < -0.39 is 6.17 Å². The summed E-state index contributed by atoms with van der Waals surface area (Å²) in [5.74, 6) is 0.532. The molecular formula is C26H33F. The molecule has 0 unspecified atom stereocenters. The molecule has 0 spiro atoms. The van der Waals surface area contributed by atoms with Gasteiger partial charge in [-0.2, -0.15) is 0 Å². The van der Waals surface area contributed by atoms with E-state index in [9.17, 15) is 4.39 Å². The summed E-state index contributed by atoms with van der Waals surface area (Å²) in [7, 11) is 0. The molecule has 1 saturated carbocycles. The van der Waals surface area contributed by atoms with E-state index in [0.29, 0.717) is 5.92 Å². The molecule has 0 amide bonds. The third-order valence-electron chi connectivity index (χ3n) is 5.83. The lowest BCUT2D eigenvalue weighted by atomic mass is 9.83. The van der Waals surface area contributed by atoms with Crippen LogP contribution in [0.1, 0.15) is 81.8 Å². The molecular weight excluding hydrogens is 331 g/mol. The molecule has 0 bridgehead atoms. The Bertz CT molecular complexity index is 705. The second-order valence-corrected chi connectivity index (χ2v) is 7.91. The number of hydrogen-bond donors (Lipinski definition) is 0. The van der Waals surface area contributed by atoms with Gasteiger partial charge < -0.3 is 0 Å². The zero-order chi connectivity index (χ0) is 18.9. The largest absolute Gasteiger partial charge is 0.247 e. The van der Waals surface area contributed by atoms with Crippen LogP contribution >= 0.6 is 0 Å². The van der Waals surface area contributed by atoms with Gasteiger partial charge in [-0.25, -0.2) is 4.39 Å². The van der Waals surface area contributed by atoms with E-state index in [1.165, 1.54) is 47.9 Å². The van der Waals surface area contributed by atoms with E-state index in [1.54, 1.807) is 0 Å². The molecule has 3 rings (SSSR count). The molecule has 0 saturated heterocycles. The van der Waals surface area contributed by atoms with Gasteiger partial charge in [0.25, 0.3) is 0 Å². The van der Waals surface area contributed by atoms with Gasteiger partial charge in [-0.05, 0) is 66.7 Å². The normalized spacial score (nSPS) is 20.2. The molecule has 0 aromatic heterocycles. The summed E-state index contributed by atoms with van der Waals surface area (Å²) in [5.41, 5.74) is 5.22. The first-order chi connectivity index (χ1) is 13.3. The lowest BCUT2D eigenvalue weighted by Gasteiger charge is -2.24. The number of unbranched alkanes of at least 4 members (excludes halogenated alkanes) is 4. The first-order valence-corrected chi connectivity index (χ1v) is 10.8. The van der Waals surface area contributed by atoms with Crippen LogP contribution in [-0.2, 0) is 0 Å². The number of benzene rings is 2. The van der Waals surface area contributed by atoms with Crippen molar-refractivity contribution in [2.75, 3.05) is 0 Å². The van der Waals surface area contributed by atoms with Crippen LogP contribution in [0.4, 0.5) is 4.39 Å². The molecule has 1 heteroatoms. The maximum absolute atomic E-state index is 13.4. The first-order valence-electron chi connectivity index (χ1n) is 10.8. The van der Waals surface area contributed by atoms with Gasteiger partial charge in [0.15, 0.2) is 0 Å². The molecule has 2 aromatic rings. The van der Waals surface area contributed by atoms with Gasteiger partial charge in [-0.3, -0.25) is 0 Å². The maximum Gasteiger partial charge on any atom is 0.100 e. The molecule has 2 aromatic carbocycles. The van der Waals surface area contributed by atoms with Gasteiger partial charge >= 0.3 is 0 Å². The van der Waals surface area contributed by atoms with E-state index in [-0.39, 0.29) is 0 Å². The maximum atomic E-state index is 13.4. The molecule has 1 fully saturated rings. The average molecular weight is 365 g/mol. The van der Waals surface area contributed by atoms with Crippen LogP contribution in [-0.4, -0.2) is 6.17 Å². The molecule has 27 heavy (non-hydrogen) atoms. The highest BCUT2D eigenvalue weighted by molar-refractivity contribution is 5.75. The smallest absolute Gasteiger partial charge is 0.100 e. The van der Waals surface area contributed by atoms with Crippen molar-refractivity contribution < 1.29 is 4.39 Å². The Morgan fingerprint density at radius 3 is 2.37 bits per heavy atom. The first kappa shape index (κ1) is 19.9. The monoisotopic (exact) mass is 364 g/mol. The summed E-state index contributed by atoms with van der Waals surface area (Å²) in [6, 6.07) is 17.6. The van der Waals surface area contributed by atoms with Crippen LogP contribution in [0.5, 0.6) is 0 Å². The third kappa shape index (κ3) is 5.79. The van der Waals surface area contributed by atoms with Gasteiger partial charge in [-0.15, -0.1) is 0 Å². The fourth-order valence-corrected chi connectivity index (χ4v) is 4.13. The highest BCUT2D eigenvalue weighted by Gasteiger charge is 2.21. The van der Waals surface area contributed by atoms with Crippen molar-refractivity contribution in [1.29, 1.82) is 0 Å². The van der Waals surface area contributed by atoms with E-state index in [2.05, 4.69) is 67.6 Å². The van der Waals surface area contributed by atoms with Gasteiger partial charge in [-0.1, -0.05) is 86.9 Å². The van der Waals surface area contributed by atoms with Crippen LogP contribution in [0.2, 0.25) is 0 Å². The third-order valence-corrected chi connectivity index (χ3v) is 5.83. The van der Waals surface area contributed by atoms with Crippen molar-refractivity contribution in [3.05, 3.63) is 65.7 Å². The molecule has 0 nitrogen and oxygen atoms in total. The second kappa shape index (κ2) is 10.4. The topological polar surface area (TPSA) is 0 Å². The Hall–Kier alpha value is -1.89. The number of rotatable bonds is 8. The van der Waals surface area contributed by atoms with Crippen LogP contribution < -0.4 is 0 Å². The molecule has 0 aliphatic heterocycles. The molecule has 0 atom stereocenters. The second-order valence-electron chi connectivity index (χ2n) is 7.91. The minimum atomic E-state index is -0.582. The zero-order valence-electron chi connectivity index (χ0n) is 16.7. The number of hydrogen-bond acceptors (Lipinski definition) is 0. The summed E-state index contributed by atoms with van der Waals surface area (Å²) >= 11 is 0. The van der Waals surface area contributed by atoms with Gasteiger partial charge in [0, 0.05) is 0 Å². The Labute approximate surface area is 164 Å². The van der Waals surface area contributed by atoms with Crippen LogP contribution in [0.3, 0.4) is 0 Å². The number of alkyl halides is 1. The number of allylic oxidation sites excluding steroid dienone is 1. The lowest BCUT2D eigenvalue weighted by Crippen LogP contribution is -2.13. The molecule has 144 valence electrons. The van der Waals surface area contributed by atoms with Crippen molar-refractivity contribution in [2.45, 2.75) is 76.8 Å². The summed E-state index contributed by atoms with van der Waals surface area (Å²) in [4.78, 5) is 0. The summed E-state index contributed by atoms with van der Waals surface area (Å²) in [5, 5.41) is 0. The van der Waals surface area contributed by atoms with E-state index in [1.807, 2.05) is 0 Å². The van der Waals surface area contributed by atoms with E-state index in [0.717, 1.165) is 32.1 Å². The average Bonchev–Trinajstić information content (AvgIpc) is 2.72. The number of halogens is 1. The molecule has 0 heterocycles. The molecule has 0 N–H and O–H groups in total.